The third kappa shape index (κ3) is 3.97. The number of benzene rings is 1. The number of nitrogens with zero attached hydrogens (tertiary/aromatic N) is 1. The van der Waals surface area contributed by atoms with Gasteiger partial charge in [-0.05, 0) is 44.9 Å². The Balaban J connectivity index is 3.09. The highest BCUT2D eigenvalue weighted by molar-refractivity contribution is 5.56. The normalized spacial score (nSPS) is 13.3. The number of anilines is 1. The van der Waals surface area contributed by atoms with Crippen LogP contribution < -0.4 is 10.2 Å². The summed E-state index contributed by atoms with van der Waals surface area (Å²) in [5, 5.41) is 13.2. The summed E-state index contributed by atoms with van der Waals surface area (Å²) in [6.45, 7) is 9.68. The quantitative estimate of drug-likeness (QED) is 0.765. The van der Waals surface area contributed by atoms with Crippen LogP contribution in [0.4, 0.5) is 5.69 Å². The van der Waals surface area contributed by atoms with Crippen LogP contribution in [-0.2, 0) is 0 Å². The molecule has 0 aliphatic rings. The largest absolute Gasteiger partial charge is 0.394 e. The Bertz CT molecular complexity index is 404. The smallest absolute Gasteiger partial charge is 0.0658 e. The second kappa shape index (κ2) is 7.65. The molecule has 0 aliphatic carbocycles. The number of aliphatic hydroxyl groups is 1. The van der Waals surface area contributed by atoms with Crippen LogP contribution in [0.15, 0.2) is 24.3 Å². The molecule has 0 amide bonds. The third-order valence-corrected chi connectivity index (χ3v) is 4.02. The van der Waals surface area contributed by atoms with Crippen molar-refractivity contribution in [3.05, 3.63) is 29.8 Å². The molecule has 0 aliphatic heterocycles. The second-order valence-electron chi connectivity index (χ2n) is 6.00. The Hall–Kier alpha value is -1.06. The highest BCUT2D eigenvalue weighted by atomic mass is 16.3. The molecule has 0 heterocycles. The lowest BCUT2D eigenvalue weighted by Crippen LogP contribution is -2.45. The van der Waals surface area contributed by atoms with Crippen molar-refractivity contribution in [2.45, 2.75) is 52.1 Å². The summed E-state index contributed by atoms with van der Waals surface area (Å²) in [6.07, 6.45) is 2.20. The number of aliphatic hydroxyl groups excluding tert-OH is 1. The van der Waals surface area contributed by atoms with E-state index in [1.807, 2.05) is 0 Å². The summed E-state index contributed by atoms with van der Waals surface area (Å²) >= 11 is 0. The van der Waals surface area contributed by atoms with Gasteiger partial charge in [0.1, 0.15) is 0 Å². The summed E-state index contributed by atoms with van der Waals surface area (Å²) < 4.78 is 0. The molecule has 20 heavy (non-hydrogen) atoms. The van der Waals surface area contributed by atoms with Gasteiger partial charge in [-0.25, -0.2) is 0 Å². The molecule has 0 saturated carbocycles. The minimum Gasteiger partial charge on any atom is -0.394 e. The van der Waals surface area contributed by atoms with E-state index in [9.17, 15) is 5.11 Å². The lowest BCUT2D eigenvalue weighted by atomic mass is 9.97. The lowest BCUT2D eigenvalue weighted by Gasteiger charge is -2.38. The fourth-order valence-electron chi connectivity index (χ4n) is 2.31. The van der Waals surface area contributed by atoms with Gasteiger partial charge in [-0.2, -0.15) is 0 Å². The van der Waals surface area contributed by atoms with Crippen LogP contribution >= 0.6 is 0 Å². The first-order chi connectivity index (χ1) is 9.47. The van der Waals surface area contributed by atoms with Gasteiger partial charge in [0.05, 0.1) is 12.1 Å². The second-order valence-corrected chi connectivity index (χ2v) is 6.00. The van der Waals surface area contributed by atoms with E-state index in [2.05, 4.69) is 69.2 Å². The summed E-state index contributed by atoms with van der Waals surface area (Å²) in [6, 6.07) is 8.85. The standard InChI is InChI=1S/C17H30N2O/c1-6-12-18-15(7-2)14-10-8-9-11-16(14)19(5)17(3,4)13-20/h8-11,15,18,20H,6-7,12-13H2,1-5H3. The van der Waals surface area contributed by atoms with Gasteiger partial charge in [-0.15, -0.1) is 0 Å². The van der Waals surface area contributed by atoms with Crippen molar-refractivity contribution in [1.29, 1.82) is 0 Å². The predicted octanol–water partition coefficient (Wildman–Crippen LogP) is 3.34. The lowest BCUT2D eigenvalue weighted by molar-refractivity contribution is 0.216. The molecular formula is C17H30N2O. The molecular weight excluding hydrogens is 248 g/mol. The van der Waals surface area contributed by atoms with Gasteiger partial charge in [-0.3, -0.25) is 0 Å². The topological polar surface area (TPSA) is 35.5 Å². The SMILES string of the molecule is CCCNC(CC)c1ccccc1N(C)C(C)(C)CO. The average Bonchev–Trinajstić information content (AvgIpc) is 2.47. The van der Waals surface area contributed by atoms with Crippen molar-refractivity contribution in [2.24, 2.45) is 0 Å². The van der Waals surface area contributed by atoms with Crippen LogP contribution in [0.1, 0.15) is 52.1 Å². The van der Waals surface area contributed by atoms with Gasteiger partial charge < -0.3 is 15.3 Å². The Morgan fingerprint density at radius 2 is 1.90 bits per heavy atom. The fraction of sp³-hybridized carbons (Fsp3) is 0.647. The molecule has 114 valence electrons. The van der Waals surface area contributed by atoms with E-state index in [1.165, 1.54) is 11.3 Å². The number of hydrogen-bond donors (Lipinski definition) is 2. The molecule has 0 radical (unpaired) electrons. The Kier molecular flexibility index (Phi) is 6.50. The number of nitrogens with one attached hydrogen (secondary N) is 1. The molecule has 2 N–H and O–H groups in total. The first-order valence-electron chi connectivity index (χ1n) is 7.64. The number of rotatable bonds is 8. The van der Waals surface area contributed by atoms with Crippen LogP contribution in [0.3, 0.4) is 0 Å². The van der Waals surface area contributed by atoms with Crippen molar-refractivity contribution >= 4 is 5.69 Å². The minimum atomic E-state index is -0.265. The van der Waals surface area contributed by atoms with Crippen LogP contribution in [0.25, 0.3) is 0 Å². The van der Waals surface area contributed by atoms with Crippen molar-refractivity contribution in [1.82, 2.24) is 5.32 Å². The van der Waals surface area contributed by atoms with Gasteiger partial charge in [0.15, 0.2) is 0 Å². The molecule has 0 spiro atoms. The number of likely N-dealkylation sites (N-methyl/N-ethyl adjacent to an activating group) is 1. The van der Waals surface area contributed by atoms with Gasteiger partial charge in [0.2, 0.25) is 0 Å². The van der Waals surface area contributed by atoms with Gasteiger partial charge in [0.25, 0.3) is 0 Å². The van der Waals surface area contributed by atoms with E-state index in [4.69, 9.17) is 0 Å². The molecule has 1 aromatic carbocycles. The molecule has 1 atom stereocenters. The van der Waals surface area contributed by atoms with Crippen molar-refractivity contribution in [2.75, 3.05) is 25.1 Å². The zero-order valence-electron chi connectivity index (χ0n) is 13.6. The molecule has 1 rings (SSSR count). The average molecular weight is 278 g/mol. The predicted molar refractivity (Wildman–Crippen MR) is 87.3 cm³/mol. The monoisotopic (exact) mass is 278 g/mol. The Labute approximate surface area is 124 Å². The van der Waals surface area contributed by atoms with E-state index < -0.39 is 0 Å². The molecule has 1 aromatic rings. The first-order valence-corrected chi connectivity index (χ1v) is 7.64. The van der Waals surface area contributed by atoms with Crippen molar-refractivity contribution in [3.8, 4) is 0 Å². The van der Waals surface area contributed by atoms with Crippen LogP contribution in [-0.4, -0.2) is 30.8 Å². The van der Waals surface area contributed by atoms with Crippen molar-refractivity contribution < 1.29 is 5.11 Å². The first kappa shape index (κ1) is 17.0. The summed E-state index contributed by atoms with van der Waals surface area (Å²) in [5.41, 5.74) is 2.24. The number of para-hydroxylation sites is 1. The maximum Gasteiger partial charge on any atom is 0.0658 e. The van der Waals surface area contributed by atoms with E-state index in [1.54, 1.807) is 0 Å². The summed E-state index contributed by atoms with van der Waals surface area (Å²) in [4.78, 5) is 2.18. The van der Waals surface area contributed by atoms with Gasteiger partial charge in [-0.1, -0.05) is 32.0 Å². The maximum atomic E-state index is 9.60. The van der Waals surface area contributed by atoms with E-state index in [0.29, 0.717) is 6.04 Å². The zero-order chi connectivity index (χ0) is 15.2. The molecule has 0 bridgehead atoms. The molecule has 0 fully saturated rings. The summed E-state index contributed by atoms with van der Waals surface area (Å²) in [7, 11) is 2.06. The Morgan fingerprint density at radius 3 is 2.45 bits per heavy atom. The van der Waals surface area contributed by atoms with Crippen molar-refractivity contribution in [3.63, 3.8) is 0 Å². The maximum absolute atomic E-state index is 9.60. The van der Waals surface area contributed by atoms with Crippen LogP contribution in [0.2, 0.25) is 0 Å². The van der Waals surface area contributed by atoms with E-state index >= 15 is 0 Å². The third-order valence-electron chi connectivity index (χ3n) is 4.02. The molecule has 0 aromatic heterocycles. The van der Waals surface area contributed by atoms with Crippen LogP contribution in [0.5, 0.6) is 0 Å². The molecule has 1 unspecified atom stereocenters. The minimum absolute atomic E-state index is 0.136. The van der Waals surface area contributed by atoms with Gasteiger partial charge >= 0.3 is 0 Å². The van der Waals surface area contributed by atoms with E-state index in [0.717, 1.165) is 19.4 Å². The fourth-order valence-corrected chi connectivity index (χ4v) is 2.31. The zero-order valence-corrected chi connectivity index (χ0v) is 13.6. The van der Waals surface area contributed by atoms with E-state index in [-0.39, 0.29) is 12.1 Å². The van der Waals surface area contributed by atoms with Gasteiger partial charge in [0, 0.05) is 18.8 Å². The highest BCUT2D eigenvalue weighted by Gasteiger charge is 2.25. The Morgan fingerprint density at radius 1 is 1.25 bits per heavy atom. The number of hydrogen-bond acceptors (Lipinski definition) is 3. The molecule has 3 heteroatoms. The highest BCUT2D eigenvalue weighted by Crippen LogP contribution is 2.31. The molecule has 3 nitrogen and oxygen atoms in total. The summed E-state index contributed by atoms with van der Waals surface area (Å²) in [5.74, 6) is 0. The van der Waals surface area contributed by atoms with Crippen LogP contribution in [0, 0.1) is 0 Å². The molecule has 0 saturated heterocycles.